The number of alkyl halides is 2. The molecule has 5 nitrogen and oxygen atoms in total. The van der Waals surface area contributed by atoms with Gasteiger partial charge in [0.15, 0.2) is 0 Å². The molecule has 1 fully saturated rings. The Balaban J connectivity index is 1.31. The van der Waals surface area contributed by atoms with Gasteiger partial charge in [-0.25, -0.2) is 4.79 Å². The van der Waals surface area contributed by atoms with Crippen molar-refractivity contribution in [2.45, 2.75) is 38.5 Å². The molecule has 7 heteroatoms. The van der Waals surface area contributed by atoms with E-state index in [4.69, 9.17) is 0 Å². The fourth-order valence-electron chi connectivity index (χ4n) is 3.47. The van der Waals surface area contributed by atoms with E-state index >= 15 is 0 Å². The van der Waals surface area contributed by atoms with Crippen molar-refractivity contribution in [3.8, 4) is 5.75 Å². The average molecular weight is 403 g/mol. The van der Waals surface area contributed by atoms with Crippen molar-refractivity contribution < 1.29 is 18.3 Å². The number of carbonyl (C=O) groups is 1. The van der Waals surface area contributed by atoms with Gasteiger partial charge in [0.05, 0.1) is 0 Å². The fraction of sp³-hybridized carbons (Fsp3) is 0.409. The second-order valence-electron chi connectivity index (χ2n) is 7.21. The number of halogens is 2. The van der Waals surface area contributed by atoms with E-state index in [-0.39, 0.29) is 17.8 Å². The molecule has 0 aliphatic carbocycles. The summed E-state index contributed by atoms with van der Waals surface area (Å²) in [5.74, 6) is 0.132. The SMILES string of the molecule is O=C(NCCc1ccc(OC(F)F)cc1)NC1CCN(Cc2ccccc2)CC1. The number of urea groups is 1. The molecule has 2 aromatic rings. The molecule has 0 spiro atoms. The van der Waals surface area contributed by atoms with Gasteiger partial charge in [0.2, 0.25) is 0 Å². The first kappa shape index (κ1) is 21.0. The van der Waals surface area contributed by atoms with Gasteiger partial charge in [-0.3, -0.25) is 4.90 Å². The molecule has 0 bridgehead atoms. The van der Waals surface area contributed by atoms with Gasteiger partial charge in [-0.1, -0.05) is 42.5 Å². The van der Waals surface area contributed by atoms with Crippen molar-refractivity contribution in [3.63, 3.8) is 0 Å². The second-order valence-corrected chi connectivity index (χ2v) is 7.21. The summed E-state index contributed by atoms with van der Waals surface area (Å²) in [6.07, 6.45) is 2.50. The van der Waals surface area contributed by atoms with E-state index in [1.165, 1.54) is 17.7 Å². The van der Waals surface area contributed by atoms with E-state index in [2.05, 4.69) is 44.5 Å². The van der Waals surface area contributed by atoms with Crippen LogP contribution in [0.4, 0.5) is 13.6 Å². The van der Waals surface area contributed by atoms with Gasteiger partial charge < -0.3 is 15.4 Å². The maximum Gasteiger partial charge on any atom is 0.387 e. The van der Waals surface area contributed by atoms with Crippen LogP contribution in [0.25, 0.3) is 0 Å². The van der Waals surface area contributed by atoms with E-state index in [1.807, 2.05) is 6.07 Å². The summed E-state index contributed by atoms with van der Waals surface area (Å²) in [5.41, 5.74) is 2.26. The lowest BCUT2D eigenvalue weighted by Crippen LogP contribution is -2.48. The molecular weight excluding hydrogens is 376 g/mol. The largest absolute Gasteiger partial charge is 0.435 e. The Morgan fingerprint density at radius 1 is 1.03 bits per heavy atom. The highest BCUT2D eigenvalue weighted by molar-refractivity contribution is 5.74. The monoisotopic (exact) mass is 403 g/mol. The van der Waals surface area contributed by atoms with E-state index in [9.17, 15) is 13.6 Å². The molecule has 0 atom stereocenters. The molecule has 1 heterocycles. The summed E-state index contributed by atoms with van der Waals surface area (Å²) in [5, 5.41) is 5.90. The van der Waals surface area contributed by atoms with Crippen LogP contribution in [0.2, 0.25) is 0 Å². The number of hydrogen-bond acceptors (Lipinski definition) is 3. The zero-order chi connectivity index (χ0) is 20.5. The highest BCUT2D eigenvalue weighted by Gasteiger charge is 2.20. The number of rotatable bonds is 8. The van der Waals surface area contributed by atoms with E-state index in [0.717, 1.165) is 38.0 Å². The van der Waals surface area contributed by atoms with Gasteiger partial charge in [0, 0.05) is 32.2 Å². The molecule has 156 valence electrons. The van der Waals surface area contributed by atoms with Crippen LogP contribution >= 0.6 is 0 Å². The number of benzene rings is 2. The number of piperidine rings is 1. The number of hydrogen-bond donors (Lipinski definition) is 2. The van der Waals surface area contributed by atoms with Gasteiger partial charge in [0.1, 0.15) is 5.75 Å². The number of nitrogens with one attached hydrogen (secondary N) is 2. The average Bonchev–Trinajstić information content (AvgIpc) is 2.71. The Morgan fingerprint density at radius 3 is 2.38 bits per heavy atom. The first-order valence-corrected chi connectivity index (χ1v) is 9.93. The lowest BCUT2D eigenvalue weighted by Gasteiger charge is -2.32. The van der Waals surface area contributed by atoms with E-state index in [0.29, 0.717) is 13.0 Å². The maximum atomic E-state index is 12.1. The highest BCUT2D eigenvalue weighted by atomic mass is 19.3. The van der Waals surface area contributed by atoms with Crippen LogP contribution in [0.1, 0.15) is 24.0 Å². The minimum Gasteiger partial charge on any atom is -0.435 e. The summed E-state index contributed by atoms with van der Waals surface area (Å²) in [6.45, 7) is 0.533. The third-order valence-corrected chi connectivity index (χ3v) is 5.02. The number of ether oxygens (including phenoxy) is 1. The van der Waals surface area contributed by atoms with Crippen molar-refractivity contribution >= 4 is 6.03 Å². The number of carbonyl (C=O) groups excluding carboxylic acids is 1. The smallest absolute Gasteiger partial charge is 0.387 e. The summed E-state index contributed by atoms with van der Waals surface area (Å²) in [6, 6.07) is 16.9. The van der Waals surface area contributed by atoms with Crippen molar-refractivity contribution in [2.24, 2.45) is 0 Å². The van der Waals surface area contributed by atoms with Crippen LogP contribution < -0.4 is 15.4 Å². The number of likely N-dealkylation sites (tertiary alicyclic amines) is 1. The lowest BCUT2D eigenvalue weighted by atomic mass is 10.0. The Labute approximate surface area is 170 Å². The van der Waals surface area contributed by atoms with Crippen LogP contribution in [-0.4, -0.2) is 43.2 Å². The number of nitrogens with zero attached hydrogens (tertiary/aromatic N) is 1. The van der Waals surface area contributed by atoms with Crippen molar-refractivity contribution in [1.82, 2.24) is 15.5 Å². The summed E-state index contributed by atoms with van der Waals surface area (Å²) < 4.78 is 28.6. The minimum absolute atomic E-state index is 0.132. The Morgan fingerprint density at radius 2 is 1.72 bits per heavy atom. The predicted octanol–water partition coefficient (Wildman–Crippen LogP) is 3.79. The molecule has 1 aliphatic rings. The Bertz CT molecular complexity index is 748. The molecule has 2 N–H and O–H groups in total. The van der Waals surface area contributed by atoms with Crippen molar-refractivity contribution in [1.29, 1.82) is 0 Å². The van der Waals surface area contributed by atoms with Gasteiger partial charge in [0.25, 0.3) is 0 Å². The molecule has 2 aromatic carbocycles. The quantitative estimate of drug-likeness (QED) is 0.705. The minimum atomic E-state index is -2.82. The standard InChI is InChI=1S/C22H27F2N3O2/c23-21(24)29-20-8-6-17(7-9-20)10-13-25-22(28)26-19-11-14-27(15-12-19)16-18-4-2-1-3-5-18/h1-9,19,21H,10-16H2,(H2,25,26,28). The van der Waals surface area contributed by atoms with Crippen LogP contribution in [-0.2, 0) is 13.0 Å². The summed E-state index contributed by atoms with van der Waals surface area (Å²) in [4.78, 5) is 14.5. The molecule has 0 radical (unpaired) electrons. The highest BCUT2D eigenvalue weighted by Crippen LogP contribution is 2.15. The Hall–Kier alpha value is -2.67. The van der Waals surface area contributed by atoms with Crippen molar-refractivity contribution in [3.05, 3.63) is 65.7 Å². The zero-order valence-electron chi connectivity index (χ0n) is 16.3. The third kappa shape index (κ3) is 7.34. The molecule has 1 saturated heterocycles. The maximum absolute atomic E-state index is 12.1. The summed E-state index contributed by atoms with van der Waals surface area (Å²) in [7, 11) is 0. The molecule has 0 saturated carbocycles. The van der Waals surface area contributed by atoms with Gasteiger partial charge in [-0.05, 0) is 42.5 Å². The normalized spacial score (nSPS) is 15.3. The van der Waals surface area contributed by atoms with Crippen molar-refractivity contribution in [2.75, 3.05) is 19.6 Å². The van der Waals surface area contributed by atoms with E-state index in [1.54, 1.807) is 12.1 Å². The van der Waals surface area contributed by atoms with E-state index < -0.39 is 6.61 Å². The third-order valence-electron chi connectivity index (χ3n) is 5.02. The fourth-order valence-corrected chi connectivity index (χ4v) is 3.47. The first-order chi connectivity index (χ1) is 14.1. The van der Waals surface area contributed by atoms with Crippen LogP contribution in [0, 0.1) is 0 Å². The Kier molecular flexibility index (Phi) is 7.81. The van der Waals surface area contributed by atoms with Crippen LogP contribution in [0.3, 0.4) is 0 Å². The first-order valence-electron chi connectivity index (χ1n) is 9.93. The van der Waals surface area contributed by atoms with Crippen LogP contribution in [0.15, 0.2) is 54.6 Å². The molecule has 29 heavy (non-hydrogen) atoms. The van der Waals surface area contributed by atoms with Crippen LogP contribution in [0.5, 0.6) is 5.75 Å². The van der Waals surface area contributed by atoms with Gasteiger partial charge in [-0.15, -0.1) is 0 Å². The lowest BCUT2D eigenvalue weighted by molar-refractivity contribution is -0.0498. The molecule has 0 aromatic heterocycles. The van der Waals surface area contributed by atoms with Gasteiger partial charge in [-0.2, -0.15) is 8.78 Å². The number of amides is 2. The predicted molar refractivity (Wildman–Crippen MR) is 108 cm³/mol. The molecule has 3 rings (SSSR count). The zero-order valence-corrected chi connectivity index (χ0v) is 16.3. The molecular formula is C22H27F2N3O2. The topological polar surface area (TPSA) is 53.6 Å². The molecule has 1 aliphatic heterocycles. The second kappa shape index (κ2) is 10.8. The molecule has 0 unspecified atom stereocenters. The summed E-state index contributed by atoms with van der Waals surface area (Å²) >= 11 is 0. The van der Waals surface area contributed by atoms with Gasteiger partial charge >= 0.3 is 12.6 Å². The molecule has 2 amide bonds.